The van der Waals surface area contributed by atoms with Crippen LogP contribution in [0.2, 0.25) is 0 Å². The van der Waals surface area contributed by atoms with Gasteiger partial charge in [0.2, 0.25) is 0 Å². The summed E-state index contributed by atoms with van der Waals surface area (Å²) in [4.78, 5) is 9.99. The van der Waals surface area contributed by atoms with E-state index in [2.05, 4.69) is 11.9 Å². The highest BCUT2D eigenvalue weighted by molar-refractivity contribution is 7.80. The molecule has 0 saturated heterocycles. The van der Waals surface area contributed by atoms with Crippen LogP contribution in [0.4, 0.5) is 0 Å². The van der Waals surface area contributed by atoms with Crippen molar-refractivity contribution in [3.63, 3.8) is 0 Å². The zero-order valence-electron chi connectivity index (χ0n) is 8.58. The van der Waals surface area contributed by atoms with Crippen molar-refractivity contribution < 1.29 is 43.0 Å². The Morgan fingerprint density at radius 1 is 1.00 bits per heavy atom. The van der Waals surface area contributed by atoms with Gasteiger partial charge in [0.05, 0.1) is 0 Å². The lowest BCUT2D eigenvalue weighted by Crippen LogP contribution is -1.86. The van der Waals surface area contributed by atoms with E-state index < -0.39 is 42.9 Å². The molecule has 0 heterocycles. The number of carbonyl (C=O) groups excluding carboxylic acids is 1. The van der Waals surface area contributed by atoms with Crippen molar-refractivity contribution in [3.05, 3.63) is 0 Å². The second kappa shape index (κ2) is 18.2. The molecule has 3 N–H and O–H groups in total. The average molecular weight is 384 g/mol. The smallest absolute Gasteiger partial charge is 0.293 e. The first kappa shape index (κ1) is 24.2. The Morgan fingerprint density at radius 3 is 1.33 bits per heavy atom. The summed E-state index contributed by atoms with van der Waals surface area (Å²) in [6, 6.07) is 0. The van der Waals surface area contributed by atoms with E-state index >= 15 is 0 Å². The highest BCUT2D eigenvalue weighted by atomic mass is 32.2. The SMILES string of the molecule is CC(=O)POS(=O)O.O=S(O)OP.O=S(O)OP. The molecule has 0 aliphatic carbocycles. The highest BCUT2D eigenvalue weighted by Crippen LogP contribution is 2.12. The monoisotopic (exact) mass is 384 g/mol. The largest absolute Gasteiger partial charge is 0.305 e. The summed E-state index contributed by atoms with van der Waals surface area (Å²) < 4.78 is 62.6. The zero-order valence-corrected chi connectivity index (χ0v) is 14.3. The third-order valence-corrected chi connectivity index (χ3v) is 2.93. The first-order valence-electron chi connectivity index (χ1n) is 3.18. The molecule has 6 unspecified atom stereocenters. The molecular formula is C2H11O10P3S3. The van der Waals surface area contributed by atoms with Crippen LogP contribution in [-0.2, 0) is 50.8 Å². The Kier molecular flexibility index (Phi) is 24.4. The van der Waals surface area contributed by atoms with E-state index in [1.165, 1.54) is 6.92 Å². The Morgan fingerprint density at radius 2 is 1.28 bits per heavy atom. The van der Waals surface area contributed by atoms with E-state index in [9.17, 15) is 17.4 Å². The van der Waals surface area contributed by atoms with Gasteiger partial charge in [-0.15, -0.1) is 0 Å². The van der Waals surface area contributed by atoms with Crippen molar-refractivity contribution in [2.45, 2.75) is 6.92 Å². The molecule has 0 rings (SSSR count). The molecule has 0 aromatic rings. The van der Waals surface area contributed by atoms with Gasteiger partial charge < -0.3 is 0 Å². The minimum atomic E-state index is -2.29. The molecule has 0 fully saturated rings. The van der Waals surface area contributed by atoms with Crippen molar-refractivity contribution in [3.8, 4) is 0 Å². The van der Waals surface area contributed by atoms with Gasteiger partial charge in [-0.25, -0.2) is 3.97 Å². The van der Waals surface area contributed by atoms with E-state index in [-0.39, 0.29) is 5.52 Å². The average Bonchev–Trinajstić information content (AvgIpc) is 2.27. The molecule has 0 aliphatic heterocycles. The van der Waals surface area contributed by atoms with Gasteiger partial charge in [-0.2, -0.15) is 12.6 Å². The fourth-order valence-corrected chi connectivity index (χ4v) is 0.849. The maximum absolute atomic E-state index is 9.99. The van der Waals surface area contributed by atoms with Crippen LogP contribution in [0.1, 0.15) is 6.92 Å². The van der Waals surface area contributed by atoms with Gasteiger partial charge in [-0.1, -0.05) is 0 Å². The molecule has 6 atom stereocenters. The van der Waals surface area contributed by atoms with Crippen LogP contribution >= 0.6 is 27.7 Å². The van der Waals surface area contributed by atoms with Crippen LogP contribution in [0, 0.1) is 0 Å². The lowest BCUT2D eigenvalue weighted by atomic mass is 10.9. The summed E-state index contributed by atoms with van der Waals surface area (Å²) in [7, 11) is 2.77. The second-order valence-corrected chi connectivity index (χ2v) is 6.00. The van der Waals surface area contributed by atoms with Gasteiger partial charge in [0, 0.05) is 25.9 Å². The molecule has 16 heteroatoms. The zero-order chi connectivity index (χ0) is 15.1. The van der Waals surface area contributed by atoms with Gasteiger partial charge >= 0.3 is 34.1 Å². The van der Waals surface area contributed by atoms with Crippen LogP contribution in [0.5, 0.6) is 0 Å². The Balaban J connectivity index is -0.000000197. The first-order chi connectivity index (χ1) is 8.17. The predicted octanol–water partition coefficient (Wildman–Crippen LogP) is 0.139. The van der Waals surface area contributed by atoms with E-state index in [4.69, 9.17) is 13.7 Å². The number of rotatable bonds is 5. The number of hydrogen-bond acceptors (Lipinski definition) is 7. The fraction of sp³-hybridized carbons (Fsp3) is 0.500. The van der Waals surface area contributed by atoms with Crippen LogP contribution in [0.25, 0.3) is 0 Å². The van der Waals surface area contributed by atoms with Crippen molar-refractivity contribution in [2.24, 2.45) is 0 Å². The van der Waals surface area contributed by atoms with E-state index in [0.29, 0.717) is 0 Å². The summed E-state index contributed by atoms with van der Waals surface area (Å²) in [5, 5.41) is 0. The third-order valence-electron chi connectivity index (χ3n) is 0.421. The maximum Gasteiger partial charge on any atom is 0.305 e. The summed E-state index contributed by atoms with van der Waals surface area (Å²) >= 11 is -6.51. The molecule has 10 nitrogen and oxygen atoms in total. The lowest BCUT2D eigenvalue weighted by Gasteiger charge is -1.88. The standard InChI is InChI=1S/C2H5O4PS.2H3O3PS/c1-2(3)7-6-8(4)5;2*1-5(2)3-4/h7H,1H3,(H,4,5);2*4H2,(H,1,2). The molecule has 18 heavy (non-hydrogen) atoms. The Bertz CT molecular complexity index is 256. The fourth-order valence-electron chi connectivity index (χ4n) is 0.0943. The molecular weight excluding hydrogens is 373 g/mol. The molecule has 0 aliphatic rings. The van der Waals surface area contributed by atoms with Crippen molar-refractivity contribution in [2.75, 3.05) is 0 Å². The summed E-state index contributed by atoms with van der Waals surface area (Å²) in [6.45, 7) is 1.28. The predicted molar refractivity (Wildman–Crippen MR) is 74.0 cm³/mol. The minimum absolute atomic E-state index is 0.243. The molecule has 0 bridgehead atoms. The first-order valence-corrected chi connectivity index (χ1v) is 8.12. The quantitative estimate of drug-likeness (QED) is 0.440. The second-order valence-electron chi connectivity index (χ2n) is 1.59. The van der Waals surface area contributed by atoms with Gasteiger partial charge in [0.15, 0.2) is 5.52 Å². The van der Waals surface area contributed by atoms with E-state index in [0.717, 1.165) is 0 Å². The Labute approximate surface area is 117 Å². The summed E-state index contributed by atoms with van der Waals surface area (Å²) in [5.41, 5.74) is -0.243. The summed E-state index contributed by atoms with van der Waals surface area (Å²) in [5.74, 6) is 0. The number of hydrogen-bond donors (Lipinski definition) is 3. The van der Waals surface area contributed by atoms with Crippen LogP contribution < -0.4 is 0 Å². The van der Waals surface area contributed by atoms with Gasteiger partial charge in [0.1, 0.15) is 8.81 Å². The maximum atomic E-state index is 9.99. The molecule has 0 aromatic heterocycles. The third kappa shape index (κ3) is 43.4. The van der Waals surface area contributed by atoms with Crippen LogP contribution in [0.3, 0.4) is 0 Å². The topological polar surface area (TPSA) is 157 Å². The Hall–Kier alpha value is 1.17. The van der Waals surface area contributed by atoms with Gasteiger partial charge in [0.25, 0.3) is 0 Å². The van der Waals surface area contributed by atoms with E-state index in [1.54, 1.807) is 18.9 Å². The lowest BCUT2D eigenvalue weighted by molar-refractivity contribution is -0.109. The van der Waals surface area contributed by atoms with Crippen LogP contribution in [0.15, 0.2) is 0 Å². The molecule has 0 spiro atoms. The number of carbonyl (C=O) groups is 1. The molecule has 0 radical (unpaired) electrons. The normalized spacial score (nSPS) is 14.8. The van der Waals surface area contributed by atoms with Crippen LogP contribution in [-0.4, -0.2) is 31.8 Å². The van der Waals surface area contributed by atoms with Gasteiger partial charge in [-0.05, 0) is 0 Å². The van der Waals surface area contributed by atoms with Gasteiger partial charge in [-0.3, -0.25) is 26.4 Å². The molecule has 0 amide bonds. The van der Waals surface area contributed by atoms with E-state index in [1.807, 2.05) is 0 Å². The summed E-state index contributed by atoms with van der Waals surface area (Å²) in [6.07, 6.45) is 0. The minimum Gasteiger partial charge on any atom is -0.293 e. The molecule has 0 aromatic carbocycles. The van der Waals surface area contributed by atoms with Crippen molar-refractivity contribution >= 4 is 67.3 Å². The molecule has 112 valence electrons. The molecule has 0 saturated carbocycles. The highest BCUT2D eigenvalue weighted by Gasteiger charge is 1.95. The van der Waals surface area contributed by atoms with Crippen molar-refractivity contribution in [1.29, 1.82) is 0 Å². The van der Waals surface area contributed by atoms with Crippen molar-refractivity contribution in [1.82, 2.24) is 0 Å².